The minimum atomic E-state index is -0.462. The molecule has 0 spiro atoms. The summed E-state index contributed by atoms with van der Waals surface area (Å²) in [6.07, 6.45) is 0. The number of benzene rings is 1. The van der Waals surface area contributed by atoms with Crippen molar-refractivity contribution in [1.29, 1.82) is 0 Å². The number of rotatable bonds is 2. The number of hydrazine groups is 1. The Balaban J connectivity index is 1.82. The Morgan fingerprint density at radius 2 is 1.86 bits per heavy atom. The molecule has 4 N–H and O–H groups in total. The highest BCUT2D eigenvalue weighted by Gasteiger charge is 2.10. The Hall–Kier alpha value is -2.74. The Morgan fingerprint density at radius 1 is 1.14 bits per heavy atom. The molecule has 21 heavy (non-hydrogen) atoms. The highest BCUT2D eigenvalue weighted by molar-refractivity contribution is 7.80. The van der Waals surface area contributed by atoms with E-state index in [1.807, 2.05) is 0 Å². The van der Waals surface area contributed by atoms with Crippen LogP contribution in [0.3, 0.4) is 0 Å². The van der Waals surface area contributed by atoms with Crippen LogP contribution in [-0.2, 0) is 0 Å². The number of carbonyl (C=O) groups excluding carboxylic acids is 2. The summed E-state index contributed by atoms with van der Waals surface area (Å²) in [7, 11) is 0. The minimum Gasteiger partial charge on any atom is -0.298 e. The standard InChI is InChI=1S/C13H13N5O2S/c1-8-7-10(16-15-8)12(20)17-18-13(21)14-11(19)9-5-3-2-4-6-9/h2-7H,1H3,(H,15,16)(H,17,20)(H2,14,18,19,21). The van der Waals surface area contributed by atoms with Gasteiger partial charge in [0, 0.05) is 11.3 Å². The lowest BCUT2D eigenvalue weighted by molar-refractivity contribution is 0.0930. The molecule has 2 aromatic rings. The predicted octanol–water partition coefficient (Wildman–Crippen LogP) is 0.667. The predicted molar refractivity (Wildman–Crippen MR) is 80.4 cm³/mol. The van der Waals surface area contributed by atoms with E-state index in [2.05, 4.69) is 26.4 Å². The first kappa shape index (κ1) is 14.7. The van der Waals surface area contributed by atoms with Crippen LogP contribution < -0.4 is 16.2 Å². The molecule has 0 aliphatic carbocycles. The average Bonchev–Trinajstić information content (AvgIpc) is 2.92. The summed E-state index contributed by atoms with van der Waals surface area (Å²) < 4.78 is 0. The fraction of sp³-hybridized carbons (Fsp3) is 0.0769. The van der Waals surface area contributed by atoms with E-state index in [1.165, 1.54) is 0 Å². The second-order valence-corrected chi connectivity index (χ2v) is 4.57. The molecule has 2 rings (SSSR count). The van der Waals surface area contributed by atoms with Crippen LogP contribution in [0.2, 0.25) is 0 Å². The molecule has 0 bridgehead atoms. The molecule has 0 saturated carbocycles. The van der Waals surface area contributed by atoms with Crippen LogP contribution in [-0.4, -0.2) is 27.1 Å². The van der Waals surface area contributed by atoms with Gasteiger partial charge in [0.25, 0.3) is 11.8 Å². The first-order valence-corrected chi connectivity index (χ1v) is 6.46. The van der Waals surface area contributed by atoms with Crippen molar-refractivity contribution in [3.8, 4) is 0 Å². The number of carbonyl (C=O) groups is 2. The molecule has 0 radical (unpaired) electrons. The molecular weight excluding hydrogens is 290 g/mol. The van der Waals surface area contributed by atoms with Gasteiger partial charge in [-0.1, -0.05) is 18.2 Å². The number of hydrogen-bond donors (Lipinski definition) is 4. The number of nitrogens with zero attached hydrogens (tertiary/aromatic N) is 1. The molecular formula is C13H13N5O2S. The van der Waals surface area contributed by atoms with Crippen molar-refractivity contribution >= 4 is 29.1 Å². The maximum atomic E-state index is 11.8. The average molecular weight is 303 g/mol. The van der Waals surface area contributed by atoms with Crippen molar-refractivity contribution in [1.82, 2.24) is 26.4 Å². The first-order chi connectivity index (χ1) is 10.1. The molecule has 1 aromatic heterocycles. The summed E-state index contributed by atoms with van der Waals surface area (Å²) in [5, 5.41) is 8.88. The Kier molecular flexibility index (Phi) is 4.62. The lowest BCUT2D eigenvalue weighted by atomic mass is 10.2. The SMILES string of the molecule is Cc1cc(C(=O)NNC(=S)NC(=O)c2ccccc2)n[nH]1. The van der Waals surface area contributed by atoms with Crippen LogP contribution in [0.4, 0.5) is 0 Å². The van der Waals surface area contributed by atoms with Crippen molar-refractivity contribution in [2.45, 2.75) is 6.92 Å². The third kappa shape index (κ3) is 4.11. The third-order valence-electron chi connectivity index (χ3n) is 2.49. The van der Waals surface area contributed by atoms with Crippen molar-refractivity contribution in [2.24, 2.45) is 0 Å². The Labute approximate surface area is 126 Å². The lowest BCUT2D eigenvalue weighted by Gasteiger charge is -2.09. The molecule has 8 heteroatoms. The summed E-state index contributed by atoms with van der Waals surface area (Å²) in [6, 6.07) is 10.2. The molecule has 0 atom stereocenters. The molecule has 0 fully saturated rings. The van der Waals surface area contributed by atoms with Crippen molar-refractivity contribution in [3.63, 3.8) is 0 Å². The molecule has 0 saturated heterocycles. The van der Waals surface area contributed by atoms with Gasteiger partial charge in [-0.2, -0.15) is 5.10 Å². The van der Waals surface area contributed by atoms with Crippen LogP contribution in [0, 0.1) is 6.92 Å². The second-order valence-electron chi connectivity index (χ2n) is 4.16. The van der Waals surface area contributed by atoms with Crippen molar-refractivity contribution in [2.75, 3.05) is 0 Å². The molecule has 0 aliphatic heterocycles. The smallest absolute Gasteiger partial charge is 0.290 e. The van der Waals surface area contributed by atoms with Gasteiger partial charge in [0.1, 0.15) is 0 Å². The number of aromatic nitrogens is 2. The van der Waals surface area contributed by atoms with Crippen LogP contribution in [0.15, 0.2) is 36.4 Å². The third-order valence-corrected chi connectivity index (χ3v) is 2.70. The largest absolute Gasteiger partial charge is 0.298 e. The molecule has 1 aromatic carbocycles. The second kappa shape index (κ2) is 6.62. The number of hydrogen-bond acceptors (Lipinski definition) is 4. The minimum absolute atomic E-state index is 0.00976. The highest BCUT2D eigenvalue weighted by atomic mass is 32.1. The molecule has 108 valence electrons. The Bertz CT molecular complexity index is 668. The van der Waals surface area contributed by atoms with Gasteiger partial charge in [0.2, 0.25) is 0 Å². The van der Waals surface area contributed by atoms with E-state index in [0.29, 0.717) is 5.56 Å². The number of amides is 2. The van der Waals surface area contributed by atoms with Gasteiger partial charge < -0.3 is 0 Å². The highest BCUT2D eigenvalue weighted by Crippen LogP contribution is 1.98. The monoisotopic (exact) mass is 303 g/mol. The maximum Gasteiger partial charge on any atom is 0.290 e. The van der Waals surface area contributed by atoms with E-state index in [0.717, 1.165) is 5.69 Å². The number of thiocarbonyl (C=S) groups is 1. The van der Waals surface area contributed by atoms with Gasteiger partial charge in [-0.05, 0) is 37.3 Å². The number of aromatic amines is 1. The molecule has 0 aliphatic rings. The van der Waals surface area contributed by atoms with Gasteiger partial charge >= 0.3 is 0 Å². The number of H-pyrrole nitrogens is 1. The lowest BCUT2D eigenvalue weighted by Crippen LogP contribution is -2.48. The van der Waals surface area contributed by atoms with Gasteiger partial charge in [-0.3, -0.25) is 30.9 Å². The summed E-state index contributed by atoms with van der Waals surface area (Å²) in [5.74, 6) is -0.825. The fourth-order valence-electron chi connectivity index (χ4n) is 1.51. The quantitative estimate of drug-likeness (QED) is 0.483. The van der Waals surface area contributed by atoms with Crippen molar-refractivity contribution in [3.05, 3.63) is 53.3 Å². The van der Waals surface area contributed by atoms with E-state index in [-0.39, 0.29) is 16.7 Å². The van der Waals surface area contributed by atoms with Crippen LogP contribution >= 0.6 is 12.2 Å². The Morgan fingerprint density at radius 3 is 2.48 bits per heavy atom. The fourth-order valence-corrected chi connectivity index (χ4v) is 1.65. The van der Waals surface area contributed by atoms with E-state index in [1.54, 1.807) is 43.3 Å². The summed E-state index contributed by atoms with van der Waals surface area (Å²) in [4.78, 5) is 23.5. The first-order valence-electron chi connectivity index (χ1n) is 6.05. The van der Waals surface area contributed by atoms with Gasteiger partial charge in [0.15, 0.2) is 10.8 Å². The van der Waals surface area contributed by atoms with Gasteiger partial charge in [-0.15, -0.1) is 0 Å². The number of nitrogens with one attached hydrogen (secondary N) is 4. The summed E-state index contributed by atoms with van der Waals surface area (Å²) in [6.45, 7) is 1.78. The topological polar surface area (TPSA) is 98.9 Å². The van der Waals surface area contributed by atoms with Gasteiger partial charge in [0.05, 0.1) is 0 Å². The van der Waals surface area contributed by atoms with Gasteiger partial charge in [-0.25, -0.2) is 0 Å². The maximum absolute atomic E-state index is 11.8. The van der Waals surface area contributed by atoms with E-state index in [9.17, 15) is 9.59 Å². The zero-order valence-corrected chi connectivity index (χ0v) is 12.0. The zero-order chi connectivity index (χ0) is 15.2. The molecule has 0 unspecified atom stereocenters. The van der Waals surface area contributed by atoms with Crippen LogP contribution in [0.5, 0.6) is 0 Å². The summed E-state index contributed by atoms with van der Waals surface area (Å²) >= 11 is 4.92. The van der Waals surface area contributed by atoms with Crippen LogP contribution in [0.1, 0.15) is 26.5 Å². The van der Waals surface area contributed by atoms with Crippen molar-refractivity contribution < 1.29 is 9.59 Å². The molecule has 7 nitrogen and oxygen atoms in total. The molecule has 1 heterocycles. The summed E-state index contributed by atoms with van der Waals surface area (Å²) in [5.41, 5.74) is 6.23. The number of aryl methyl sites for hydroxylation is 1. The normalized spacial score (nSPS) is 9.76. The van der Waals surface area contributed by atoms with Crippen LogP contribution in [0.25, 0.3) is 0 Å². The van der Waals surface area contributed by atoms with E-state index < -0.39 is 5.91 Å². The van der Waals surface area contributed by atoms with E-state index in [4.69, 9.17) is 12.2 Å². The van der Waals surface area contributed by atoms with E-state index >= 15 is 0 Å². The molecule has 2 amide bonds. The zero-order valence-electron chi connectivity index (χ0n) is 11.1.